The Labute approximate surface area is 156 Å². The number of carbonyl (C=O) groups excluding carboxylic acids is 1. The van der Waals surface area contributed by atoms with Gasteiger partial charge >= 0.3 is 0 Å². The van der Waals surface area contributed by atoms with Crippen LogP contribution in [0.3, 0.4) is 0 Å². The van der Waals surface area contributed by atoms with Crippen LogP contribution in [0, 0.1) is 24.7 Å². The summed E-state index contributed by atoms with van der Waals surface area (Å²) in [6.45, 7) is 8.65. The summed E-state index contributed by atoms with van der Waals surface area (Å²) in [7, 11) is 1.70. The molecule has 2 heterocycles. The number of aryl methyl sites for hydroxylation is 1. The number of carbonyl (C=O) groups is 1. The molecule has 3 rings (SSSR count). The first-order chi connectivity index (χ1) is 12.5. The van der Waals surface area contributed by atoms with Gasteiger partial charge in [-0.05, 0) is 54.7 Å². The van der Waals surface area contributed by atoms with E-state index < -0.39 is 0 Å². The van der Waals surface area contributed by atoms with Crippen molar-refractivity contribution in [1.82, 2.24) is 9.80 Å². The molecule has 144 valence electrons. The van der Waals surface area contributed by atoms with Crippen molar-refractivity contribution in [2.24, 2.45) is 17.8 Å². The second-order valence-electron chi connectivity index (χ2n) is 7.95. The van der Waals surface area contributed by atoms with E-state index in [1.807, 2.05) is 11.0 Å². The summed E-state index contributed by atoms with van der Waals surface area (Å²) in [5, 5.41) is 9.90. The smallest absolute Gasteiger partial charge is 0.219 e. The normalized spacial score (nSPS) is 24.8. The van der Waals surface area contributed by atoms with Crippen LogP contribution in [0.1, 0.15) is 30.9 Å². The van der Waals surface area contributed by atoms with Crippen LogP contribution in [0.25, 0.3) is 0 Å². The SMILES string of the molecule is COc1ccc(CN2CC(CO)C(C3CCN(C(C)=O)CC3)C2)cc1C. The Kier molecular flexibility index (Phi) is 6.20. The van der Waals surface area contributed by atoms with Crippen LogP contribution in [0.2, 0.25) is 0 Å². The zero-order valence-corrected chi connectivity index (χ0v) is 16.3. The number of nitrogens with zero attached hydrogens (tertiary/aromatic N) is 2. The predicted molar refractivity (Wildman–Crippen MR) is 102 cm³/mol. The number of aliphatic hydroxyl groups is 1. The Hall–Kier alpha value is -1.59. The van der Waals surface area contributed by atoms with Crippen molar-refractivity contribution in [2.75, 3.05) is 39.9 Å². The molecule has 5 heteroatoms. The van der Waals surface area contributed by atoms with Gasteiger partial charge in [-0.25, -0.2) is 0 Å². The van der Waals surface area contributed by atoms with Gasteiger partial charge in [0.1, 0.15) is 5.75 Å². The van der Waals surface area contributed by atoms with E-state index in [2.05, 4.69) is 24.0 Å². The molecule has 1 amide bonds. The molecule has 0 spiro atoms. The van der Waals surface area contributed by atoms with Gasteiger partial charge in [0.2, 0.25) is 5.91 Å². The molecule has 2 aliphatic rings. The van der Waals surface area contributed by atoms with E-state index in [0.717, 1.165) is 56.9 Å². The zero-order valence-electron chi connectivity index (χ0n) is 16.3. The summed E-state index contributed by atoms with van der Waals surface area (Å²) < 4.78 is 5.35. The standard InChI is InChI=1S/C21H32N2O3/c1-15-10-17(4-5-21(15)26-3)11-22-12-19(14-24)20(13-22)18-6-8-23(9-7-18)16(2)25/h4-5,10,18-20,24H,6-9,11-14H2,1-3H3. The van der Waals surface area contributed by atoms with Crippen molar-refractivity contribution >= 4 is 5.91 Å². The maximum absolute atomic E-state index is 11.5. The topological polar surface area (TPSA) is 53.0 Å². The first kappa shape index (κ1) is 19.2. The monoisotopic (exact) mass is 360 g/mol. The van der Waals surface area contributed by atoms with Crippen molar-refractivity contribution in [2.45, 2.75) is 33.2 Å². The Morgan fingerprint density at radius 2 is 2.00 bits per heavy atom. The number of likely N-dealkylation sites (tertiary alicyclic amines) is 2. The fraction of sp³-hybridized carbons (Fsp3) is 0.667. The van der Waals surface area contributed by atoms with Crippen LogP contribution in [-0.2, 0) is 11.3 Å². The van der Waals surface area contributed by atoms with Gasteiger partial charge in [0, 0.05) is 46.3 Å². The van der Waals surface area contributed by atoms with Crippen LogP contribution < -0.4 is 4.74 Å². The van der Waals surface area contributed by atoms with Gasteiger partial charge in [0.05, 0.1) is 7.11 Å². The zero-order chi connectivity index (χ0) is 18.7. The minimum atomic E-state index is 0.185. The maximum atomic E-state index is 11.5. The average molecular weight is 360 g/mol. The molecule has 1 aromatic carbocycles. The second kappa shape index (κ2) is 8.40. The maximum Gasteiger partial charge on any atom is 0.219 e. The molecule has 5 nitrogen and oxygen atoms in total. The first-order valence-electron chi connectivity index (χ1n) is 9.74. The highest BCUT2D eigenvalue weighted by molar-refractivity contribution is 5.73. The first-order valence-corrected chi connectivity index (χ1v) is 9.74. The van der Waals surface area contributed by atoms with Crippen LogP contribution >= 0.6 is 0 Å². The molecule has 0 saturated carbocycles. The Balaban J connectivity index is 1.60. The Morgan fingerprint density at radius 3 is 2.58 bits per heavy atom. The third-order valence-corrected chi connectivity index (χ3v) is 6.26. The quantitative estimate of drug-likeness (QED) is 0.875. The van der Waals surface area contributed by atoms with Gasteiger partial charge < -0.3 is 14.7 Å². The van der Waals surface area contributed by atoms with Crippen LogP contribution in [0.4, 0.5) is 0 Å². The molecular formula is C21H32N2O3. The summed E-state index contributed by atoms with van der Waals surface area (Å²) in [5.41, 5.74) is 2.46. The van der Waals surface area contributed by atoms with Gasteiger partial charge in [-0.3, -0.25) is 9.69 Å². The molecule has 1 aromatic rings. The summed E-state index contributed by atoms with van der Waals surface area (Å²) >= 11 is 0. The van der Waals surface area contributed by atoms with E-state index in [0.29, 0.717) is 17.8 Å². The molecule has 0 aromatic heterocycles. The van der Waals surface area contributed by atoms with Crippen molar-refractivity contribution in [3.8, 4) is 5.75 Å². The number of hydrogen-bond donors (Lipinski definition) is 1. The van der Waals surface area contributed by atoms with E-state index in [4.69, 9.17) is 4.74 Å². The fourth-order valence-electron chi connectivity index (χ4n) is 4.78. The van der Waals surface area contributed by atoms with Gasteiger partial charge in [-0.1, -0.05) is 12.1 Å². The molecule has 2 atom stereocenters. The third kappa shape index (κ3) is 4.21. The lowest BCUT2D eigenvalue weighted by molar-refractivity contribution is -0.130. The molecule has 1 N–H and O–H groups in total. The average Bonchev–Trinajstić information content (AvgIpc) is 3.05. The number of rotatable bonds is 5. The molecule has 2 unspecified atom stereocenters. The largest absolute Gasteiger partial charge is 0.496 e. The minimum Gasteiger partial charge on any atom is -0.496 e. The van der Waals surface area contributed by atoms with E-state index in [1.165, 1.54) is 5.56 Å². The molecule has 0 aliphatic carbocycles. The number of piperidine rings is 1. The predicted octanol–water partition coefficient (Wildman–Crippen LogP) is 2.30. The van der Waals surface area contributed by atoms with E-state index in [-0.39, 0.29) is 12.5 Å². The number of hydrogen-bond acceptors (Lipinski definition) is 4. The minimum absolute atomic E-state index is 0.185. The number of benzene rings is 1. The van der Waals surface area contributed by atoms with Crippen LogP contribution in [0.15, 0.2) is 18.2 Å². The molecule has 2 saturated heterocycles. The lowest BCUT2D eigenvalue weighted by Crippen LogP contribution is -2.40. The molecule has 26 heavy (non-hydrogen) atoms. The van der Waals surface area contributed by atoms with Gasteiger partial charge in [-0.15, -0.1) is 0 Å². The molecule has 2 fully saturated rings. The van der Waals surface area contributed by atoms with Crippen LogP contribution in [-0.4, -0.2) is 60.7 Å². The van der Waals surface area contributed by atoms with Crippen molar-refractivity contribution in [3.63, 3.8) is 0 Å². The molecule has 0 bridgehead atoms. The molecule has 0 radical (unpaired) electrons. The van der Waals surface area contributed by atoms with Gasteiger partial charge in [0.25, 0.3) is 0 Å². The lowest BCUT2D eigenvalue weighted by atomic mass is 9.79. The van der Waals surface area contributed by atoms with E-state index >= 15 is 0 Å². The number of methoxy groups -OCH3 is 1. The third-order valence-electron chi connectivity index (χ3n) is 6.26. The highest BCUT2D eigenvalue weighted by Crippen LogP contribution is 2.36. The lowest BCUT2D eigenvalue weighted by Gasteiger charge is -2.36. The second-order valence-corrected chi connectivity index (χ2v) is 7.95. The van der Waals surface area contributed by atoms with E-state index in [9.17, 15) is 9.90 Å². The summed E-state index contributed by atoms with van der Waals surface area (Å²) in [4.78, 5) is 16.0. The van der Waals surface area contributed by atoms with Crippen molar-refractivity contribution in [3.05, 3.63) is 29.3 Å². The van der Waals surface area contributed by atoms with Gasteiger partial charge in [0.15, 0.2) is 0 Å². The fourth-order valence-corrected chi connectivity index (χ4v) is 4.78. The summed E-state index contributed by atoms with van der Waals surface area (Å²) in [6, 6.07) is 6.38. The van der Waals surface area contributed by atoms with Crippen molar-refractivity contribution in [1.29, 1.82) is 0 Å². The molecule has 2 aliphatic heterocycles. The highest BCUT2D eigenvalue weighted by atomic mass is 16.5. The van der Waals surface area contributed by atoms with Gasteiger partial charge in [-0.2, -0.15) is 0 Å². The van der Waals surface area contributed by atoms with E-state index in [1.54, 1.807) is 14.0 Å². The highest BCUT2D eigenvalue weighted by Gasteiger charge is 2.38. The Morgan fingerprint density at radius 1 is 1.27 bits per heavy atom. The summed E-state index contributed by atoms with van der Waals surface area (Å²) in [6.07, 6.45) is 2.13. The number of aliphatic hydroxyl groups excluding tert-OH is 1. The van der Waals surface area contributed by atoms with Crippen molar-refractivity contribution < 1.29 is 14.6 Å². The number of ether oxygens (including phenoxy) is 1. The molecular weight excluding hydrogens is 328 g/mol. The van der Waals surface area contributed by atoms with Crippen LogP contribution in [0.5, 0.6) is 5.75 Å². The Bertz CT molecular complexity index is 626. The number of amides is 1. The summed E-state index contributed by atoms with van der Waals surface area (Å²) in [5.74, 6) is 2.62.